The Morgan fingerprint density at radius 1 is 1.41 bits per heavy atom. The van der Waals surface area contributed by atoms with Crippen LogP contribution in [0, 0.1) is 24.0 Å². The first-order valence-electron chi connectivity index (χ1n) is 6.62. The number of benzene rings is 1. The van der Waals surface area contributed by atoms with Gasteiger partial charge in [-0.2, -0.15) is 5.10 Å². The zero-order chi connectivity index (χ0) is 16.3. The molecule has 114 valence electrons. The Bertz CT molecular complexity index is 762. The molecule has 2 aromatic rings. The van der Waals surface area contributed by atoms with Crippen molar-refractivity contribution in [2.45, 2.75) is 13.8 Å². The third-order valence-corrected chi connectivity index (χ3v) is 3.29. The van der Waals surface area contributed by atoms with Crippen molar-refractivity contribution in [2.75, 3.05) is 5.32 Å². The summed E-state index contributed by atoms with van der Waals surface area (Å²) in [7, 11) is 1.84. The third-order valence-electron chi connectivity index (χ3n) is 3.29. The van der Waals surface area contributed by atoms with Gasteiger partial charge in [-0.15, -0.1) is 0 Å². The monoisotopic (exact) mass is 300 g/mol. The van der Waals surface area contributed by atoms with Crippen molar-refractivity contribution in [2.24, 2.45) is 7.05 Å². The Hall–Kier alpha value is -2.96. The van der Waals surface area contributed by atoms with Gasteiger partial charge in [-0.1, -0.05) is 6.07 Å². The van der Waals surface area contributed by atoms with Gasteiger partial charge in [-0.25, -0.2) is 0 Å². The fraction of sp³-hybridized carbons (Fsp3) is 0.200. The fourth-order valence-electron chi connectivity index (χ4n) is 2.07. The number of anilines is 1. The number of nitro groups is 1. The van der Waals surface area contributed by atoms with Crippen molar-refractivity contribution in [3.63, 3.8) is 0 Å². The highest BCUT2D eigenvalue weighted by atomic mass is 16.6. The Labute approximate surface area is 127 Å². The minimum Gasteiger partial charge on any atom is -0.322 e. The highest BCUT2D eigenvalue weighted by Crippen LogP contribution is 2.17. The van der Waals surface area contributed by atoms with Crippen molar-refractivity contribution < 1.29 is 9.72 Å². The number of carbonyl (C=O) groups excluding carboxylic acids is 1. The van der Waals surface area contributed by atoms with E-state index in [4.69, 9.17) is 0 Å². The molecule has 7 heteroatoms. The quantitative estimate of drug-likeness (QED) is 0.534. The second kappa shape index (κ2) is 6.21. The summed E-state index contributed by atoms with van der Waals surface area (Å²) in [6, 6.07) is 5.80. The number of non-ortho nitro benzene ring substituents is 1. The molecule has 0 radical (unpaired) electrons. The van der Waals surface area contributed by atoms with Crippen molar-refractivity contribution in [3.05, 3.63) is 57.4 Å². The maximum Gasteiger partial charge on any atom is 0.271 e. The lowest BCUT2D eigenvalue weighted by molar-refractivity contribution is -0.384. The van der Waals surface area contributed by atoms with Gasteiger partial charge >= 0.3 is 0 Å². The molecule has 1 aromatic carbocycles. The lowest BCUT2D eigenvalue weighted by Crippen LogP contribution is -2.07. The topological polar surface area (TPSA) is 90.1 Å². The molecule has 1 N–H and O–H groups in total. The van der Waals surface area contributed by atoms with E-state index in [1.807, 2.05) is 20.9 Å². The molecule has 0 aliphatic rings. The summed E-state index contributed by atoms with van der Waals surface area (Å²) in [5, 5.41) is 17.6. The van der Waals surface area contributed by atoms with Crippen LogP contribution in [0.15, 0.2) is 30.3 Å². The largest absolute Gasteiger partial charge is 0.322 e. The highest BCUT2D eigenvalue weighted by Gasteiger charge is 2.08. The first kappa shape index (κ1) is 15.4. The zero-order valence-corrected chi connectivity index (χ0v) is 12.5. The SMILES string of the molecule is Cc1nn(C)c(C)c1/C=C/C(=O)Nc1cccc([N+](=O)[O-])c1. The molecule has 0 unspecified atom stereocenters. The summed E-state index contributed by atoms with van der Waals surface area (Å²) in [4.78, 5) is 22.1. The number of rotatable bonds is 4. The number of aromatic nitrogens is 2. The molecule has 1 amide bonds. The van der Waals surface area contributed by atoms with Crippen LogP contribution in [0.2, 0.25) is 0 Å². The standard InChI is InChI=1S/C15H16N4O3/c1-10-14(11(2)18(3)17-10)7-8-15(20)16-12-5-4-6-13(9-12)19(21)22/h4-9H,1-3H3,(H,16,20)/b8-7+. The molecule has 1 heterocycles. The smallest absolute Gasteiger partial charge is 0.271 e. The highest BCUT2D eigenvalue weighted by molar-refractivity contribution is 6.02. The normalized spacial score (nSPS) is 10.9. The third kappa shape index (κ3) is 3.38. The van der Waals surface area contributed by atoms with Crippen molar-refractivity contribution in [1.29, 1.82) is 0 Å². The van der Waals surface area contributed by atoms with Gasteiger partial charge in [0.05, 0.1) is 10.6 Å². The van der Waals surface area contributed by atoms with E-state index in [1.54, 1.807) is 16.8 Å². The van der Waals surface area contributed by atoms with Crippen LogP contribution in [0.25, 0.3) is 6.08 Å². The van der Waals surface area contributed by atoms with E-state index >= 15 is 0 Å². The summed E-state index contributed by atoms with van der Waals surface area (Å²) < 4.78 is 1.74. The molecule has 0 bridgehead atoms. The summed E-state index contributed by atoms with van der Waals surface area (Å²) in [6.07, 6.45) is 3.07. The van der Waals surface area contributed by atoms with Crippen LogP contribution in [0.1, 0.15) is 17.0 Å². The summed E-state index contributed by atoms with van der Waals surface area (Å²) in [5.41, 5.74) is 2.98. The van der Waals surface area contributed by atoms with E-state index in [2.05, 4.69) is 10.4 Å². The number of hydrogen-bond acceptors (Lipinski definition) is 4. The van der Waals surface area contributed by atoms with Crippen molar-refractivity contribution in [1.82, 2.24) is 9.78 Å². The molecule has 22 heavy (non-hydrogen) atoms. The molecule has 0 spiro atoms. The van der Waals surface area contributed by atoms with Gasteiger partial charge in [-0.05, 0) is 26.0 Å². The molecular weight excluding hydrogens is 284 g/mol. The molecule has 0 saturated carbocycles. The molecule has 0 aliphatic carbocycles. The summed E-state index contributed by atoms with van der Waals surface area (Å²) >= 11 is 0. The van der Waals surface area contributed by atoms with Gasteiger partial charge in [0.25, 0.3) is 5.69 Å². The predicted octanol–water partition coefficient (Wildman–Crippen LogP) is 2.60. The van der Waals surface area contributed by atoms with E-state index in [9.17, 15) is 14.9 Å². The van der Waals surface area contributed by atoms with E-state index in [0.717, 1.165) is 17.0 Å². The summed E-state index contributed by atoms with van der Waals surface area (Å²) in [6.45, 7) is 3.78. The zero-order valence-electron chi connectivity index (χ0n) is 12.5. The molecule has 0 fully saturated rings. The van der Waals surface area contributed by atoms with E-state index in [1.165, 1.54) is 24.3 Å². The van der Waals surface area contributed by atoms with Crippen LogP contribution in [0.3, 0.4) is 0 Å². The number of nitrogens with zero attached hydrogens (tertiary/aromatic N) is 3. The van der Waals surface area contributed by atoms with Crippen LogP contribution in [0.5, 0.6) is 0 Å². The number of aryl methyl sites for hydroxylation is 2. The van der Waals surface area contributed by atoms with E-state index in [0.29, 0.717) is 5.69 Å². The Morgan fingerprint density at radius 2 is 2.14 bits per heavy atom. The van der Waals surface area contributed by atoms with Gasteiger partial charge in [0.1, 0.15) is 0 Å². The van der Waals surface area contributed by atoms with Gasteiger partial charge in [0.2, 0.25) is 5.91 Å². The lowest BCUT2D eigenvalue weighted by Gasteiger charge is -2.01. The summed E-state index contributed by atoms with van der Waals surface area (Å²) in [5.74, 6) is -0.358. The van der Waals surface area contributed by atoms with E-state index in [-0.39, 0.29) is 11.6 Å². The second-order valence-corrected chi connectivity index (χ2v) is 4.84. The Balaban J connectivity index is 2.11. The van der Waals surface area contributed by atoms with Crippen LogP contribution in [-0.2, 0) is 11.8 Å². The first-order valence-corrected chi connectivity index (χ1v) is 6.62. The molecule has 1 aromatic heterocycles. The number of carbonyl (C=O) groups is 1. The van der Waals surface area contributed by atoms with Gasteiger partial charge in [0.15, 0.2) is 0 Å². The Morgan fingerprint density at radius 3 is 2.73 bits per heavy atom. The first-order chi connectivity index (χ1) is 10.4. The van der Waals surface area contributed by atoms with Crippen LogP contribution >= 0.6 is 0 Å². The molecule has 7 nitrogen and oxygen atoms in total. The molecular formula is C15H16N4O3. The molecule has 2 rings (SSSR count). The number of hydrogen-bond donors (Lipinski definition) is 1. The molecule has 0 atom stereocenters. The molecule has 0 saturated heterocycles. The van der Waals surface area contributed by atoms with E-state index < -0.39 is 4.92 Å². The van der Waals surface area contributed by atoms with Crippen LogP contribution < -0.4 is 5.32 Å². The second-order valence-electron chi connectivity index (χ2n) is 4.84. The number of nitrogens with one attached hydrogen (secondary N) is 1. The predicted molar refractivity (Wildman–Crippen MR) is 83.4 cm³/mol. The van der Waals surface area contributed by atoms with Gasteiger partial charge < -0.3 is 5.32 Å². The number of amides is 1. The minimum absolute atomic E-state index is 0.0688. The number of nitro benzene ring substituents is 1. The van der Waals surface area contributed by atoms with Crippen molar-refractivity contribution >= 4 is 23.4 Å². The minimum atomic E-state index is -0.506. The van der Waals surface area contributed by atoms with Gasteiger partial charge in [0, 0.05) is 42.2 Å². The Kier molecular flexibility index (Phi) is 4.36. The molecule has 0 aliphatic heterocycles. The lowest BCUT2D eigenvalue weighted by atomic mass is 10.2. The van der Waals surface area contributed by atoms with Crippen LogP contribution in [-0.4, -0.2) is 20.6 Å². The maximum absolute atomic E-state index is 11.9. The maximum atomic E-state index is 11.9. The average Bonchev–Trinajstić information content (AvgIpc) is 2.70. The van der Waals surface area contributed by atoms with Crippen molar-refractivity contribution in [3.8, 4) is 0 Å². The average molecular weight is 300 g/mol. The van der Waals surface area contributed by atoms with Crippen LogP contribution in [0.4, 0.5) is 11.4 Å². The van der Waals surface area contributed by atoms with Gasteiger partial charge in [-0.3, -0.25) is 19.6 Å². The fourth-order valence-corrected chi connectivity index (χ4v) is 2.07.